The molecule has 0 fully saturated rings. The maximum atomic E-state index is 9.61. The van der Waals surface area contributed by atoms with E-state index < -0.39 is 0 Å². The highest BCUT2D eigenvalue weighted by Gasteiger charge is 2.34. The summed E-state index contributed by atoms with van der Waals surface area (Å²) in [5, 5.41) is 28.5. The molecule has 1 unspecified atom stereocenters. The molecule has 0 amide bonds. The Hall–Kier alpha value is -1.34. The summed E-state index contributed by atoms with van der Waals surface area (Å²) in [7, 11) is 3.19. The molecule has 6 nitrogen and oxygen atoms in total. The number of benzene rings is 1. The summed E-state index contributed by atoms with van der Waals surface area (Å²) in [5.41, 5.74) is 2.15. The Morgan fingerprint density at radius 2 is 1.77 bits per heavy atom. The van der Waals surface area contributed by atoms with E-state index in [2.05, 4.69) is 4.90 Å². The summed E-state index contributed by atoms with van der Waals surface area (Å²) in [6, 6.07) is 3.73. The molecular formula is C16H25NO5. The van der Waals surface area contributed by atoms with E-state index in [0.29, 0.717) is 18.0 Å². The lowest BCUT2D eigenvalue weighted by Gasteiger charge is -2.40. The van der Waals surface area contributed by atoms with Gasteiger partial charge in [-0.3, -0.25) is 4.90 Å². The predicted molar refractivity (Wildman–Crippen MR) is 82.3 cm³/mol. The average molecular weight is 311 g/mol. The molecule has 0 radical (unpaired) electrons. The van der Waals surface area contributed by atoms with Crippen molar-refractivity contribution in [3.05, 3.63) is 23.3 Å². The number of hydrogen-bond acceptors (Lipinski definition) is 6. The first-order valence-electron chi connectivity index (χ1n) is 7.51. The molecule has 22 heavy (non-hydrogen) atoms. The second-order valence-corrected chi connectivity index (χ2v) is 5.49. The van der Waals surface area contributed by atoms with Crippen LogP contribution in [0.4, 0.5) is 0 Å². The van der Waals surface area contributed by atoms with Gasteiger partial charge in [0.15, 0.2) is 11.5 Å². The van der Waals surface area contributed by atoms with E-state index in [1.807, 2.05) is 12.1 Å². The van der Waals surface area contributed by atoms with Gasteiger partial charge in [-0.25, -0.2) is 0 Å². The van der Waals surface area contributed by atoms with Crippen LogP contribution in [-0.4, -0.2) is 67.3 Å². The lowest BCUT2D eigenvalue weighted by Crippen LogP contribution is -2.42. The van der Waals surface area contributed by atoms with Gasteiger partial charge in [-0.05, 0) is 29.7 Å². The van der Waals surface area contributed by atoms with Gasteiger partial charge in [-0.1, -0.05) is 0 Å². The molecule has 0 saturated heterocycles. The van der Waals surface area contributed by atoms with Gasteiger partial charge in [0.25, 0.3) is 0 Å². The number of aliphatic hydroxyl groups excluding tert-OH is 3. The molecule has 6 heteroatoms. The zero-order chi connectivity index (χ0) is 16.1. The largest absolute Gasteiger partial charge is 0.493 e. The molecule has 1 aliphatic heterocycles. The molecule has 124 valence electrons. The minimum absolute atomic E-state index is 0.0443. The fourth-order valence-electron chi connectivity index (χ4n) is 3.22. The zero-order valence-electron chi connectivity index (χ0n) is 13.2. The minimum atomic E-state index is -0.302. The molecule has 0 bridgehead atoms. The van der Waals surface area contributed by atoms with E-state index in [1.54, 1.807) is 14.2 Å². The molecular weight excluding hydrogens is 286 g/mol. The number of aliphatic hydroxyl groups is 3. The van der Waals surface area contributed by atoms with E-state index in [1.165, 1.54) is 0 Å². The van der Waals surface area contributed by atoms with Crippen LogP contribution in [-0.2, 0) is 6.42 Å². The Morgan fingerprint density at radius 3 is 2.32 bits per heavy atom. The molecule has 0 aromatic heterocycles. The molecule has 2 rings (SSSR count). The maximum absolute atomic E-state index is 9.61. The molecule has 1 aliphatic rings. The van der Waals surface area contributed by atoms with Gasteiger partial charge in [0.1, 0.15) is 0 Å². The number of nitrogens with zero attached hydrogens (tertiary/aromatic N) is 1. The second-order valence-electron chi connectivity index (χ2n) is 5.49. The molecule has 1 aromatic carbocycles. The van der Waals surface area contributed by atoms with Crippen molar-refractivity contribution in [3.8, 4) is 11.5 Å². The summed E-state index contributed by atoms with van der Waals surface area (Å²) < 4.78 is 10.7. The summed E-state index contributed by atoms with van der Waals surface area (Å²) >= 11 is 0. The number of fused-ring (bicyclic) bond motifs is 1. The van der Waals surface area contributed by atoms with Crippen LogP contribution in [0.25, 0.3) is 0 Å². The SMILES string of the molecule is COc1cc2c(cc1OC)C(C(CO)CO)N(CCO)CC2. The Kier molecular flexibility index (Phi) is 6.02. The summed E-state index contributed by atoms with van der Waals surface area (Å²) in [6.07, 6.45) is 0.829. The highest BCUT2D eigenvalue weighted by Crippen LogP contribution is 2.40. The third-order valence-electron chi connectivity index (χ3n) is 4.33. The first-order chi connectivity index (χ1) is 10.7. The summed E-state index contributed by atoms with van der Waals surface area (Å²) in [6.45, 7) is 1.09. The standard InChI is InChI=1S/C16H25NO5/c1-21-14-7-11-3-4-17(5-6-18)16(12(9-19)10-20)13(11)8-15(14)22-2/h7-8,12,16,18-20H,3-6,9-10H2,1-2H3. The fourth-order valence-corrected chi connectivity index (χ4v) is 3.22. The average Bonchev–Trinajstić information content (AvgIpc) is 2.56. The normalized spacial score (nSPS) is 18.4. The lowest BCUT2D eigenvalue weighted by atomic mass is 9.84. The smallest absolute Gasteiger partial charge is 0.161 e. The van der Waals surface area contributed by atoms with Gasteiger partial charge in [0, 0.05) is 38.3 Å². The van der Waals surface area contributed by atoms with Crippen LogP contribution < -0.4 is 9.47 Å². The molecule has 0 aliphatic carbocycles. The van der Waals surface area contributed by atoms with Crippen LogP contribution in [0.5, 0.6) is 11.5 Å². The van der Waals surface area contributed by atoms with Crippen molar-refractivity contribution < 1.29 is 24.8 Å². The number of ether oxygens (including phenoxy) is 2. The number of β-amino-alcohol motifs (C(OH)–C–C–N with tert-alkyl or cyclic N) is 1. The van der Waals surface area contributed by atoms with E-state index in [4.69, 9.17) is 9.47 Å². The fraction of sp³-hybridized carbons (Fsp3) is 0.625. The Bertz CT molecular complexity index is 490. The second kappa shape index (κ2) is 7.78. The molecule has 1 heterocycles. The molecule has 3 N–H and O–H groups in total. The van der Waals surface area contributed by atoms with E-state index in [0.717, 1.165) is 24.1 Å². The molecule has 1 atom stereocenters. The van der Waals surface area contributed by atoms with Gasteiger partial charge in [-0.2, -0.15) is 0 Å². The van der Waals surface area contributed by atoms with Crippen molar-refractivity contribution in [2.24, 2.45) is 5.92 Å². The highest BCUT2D eigenvalue weighted by molar-refractivity contribution is 5.49. The van der Waals surface area contributed by atoms with Crippen molar-refractivity contribution in [1.82, 2.24) is 4.90 Å². The van der Waals surface area contributed by atoms with E-state index in [-0.39, 0.29) is 31.8 Å². The van der Waals surface area contributed by atoms with Gasteiger partial charge < -0.3 is 24.8 Å². The van der Waals surface area contributed by atoms with E-state index in [9.17, 15) is 15.3 Å². The number of methoxy groups -OCH3 is 2. The topological polar surface area (TPSA) is 82.4 Å². The van der Waals surface area contributed by atoms with Gasteiger partial charge in [0.2, 0.25) is 0 Å². The third kappa shape index (κ3) is 3.20. The van der Waals surface area contributed by atoms with Crippen molar-refractivity contribution in [3.63, 3.8) is 0 Å². The molecule has 0 spiro atoms. The van der Waals surface area contributed by atoms with Crippen LogP contribution >= 0.6 is 0 Å². The van der Waals surface area contributed by atoms with Crippen molar-refractivity contribution in [2.45, 2.75) is 12.5 Å². The Balaban J connectivity index is 2.48. The van der Waals surface area contributed by atoms with Crippen LogP contribution in [0.3, 0.4) is 0 Å². The van der Waals surface area contributed by atoms with Gasteiger partial charge >= 0.3 is 0 Å². The molecule has 0 saturated carbocycles. The van der Waals surface area contributed by atoms with Crippen molar-refractivity contribution in [2.75, 3.05) is 47.1 Å². The number of rotatable bonds is 7. The molecule has 1 aromatic rings. The minimum Gasteiger partial charge on any atom is -0.493 e. The van der Waals surface area contributed by atoms with Crippen LogP contribution in [0, 0.1) is 5.92 Å². The summed E-state index contributed by atoms with van der Waals surface area (Å²) in [4.78, 5) is 2.10. The van der Waals surface area contributed by atoms with Crippen LogP contribution in [0.1, 0.15) is 17.2 Å². The van der Waals surface area contributed by atoms with Crippen molar-refractivity contribution in [1.29, 1.82) is 0 Å². The van der Waals surface area contributed by atoms with Gasteiger partial charge in [0.05, 0.1) is 20.8 Å². The zero-order valence-corrected chi connectivity index (χ0v) is 13.2. The summed E-state index contributed by atoms with van der Waals surface area (Å²) in [5.74, 6) is 1.01. The monoisotopic (exact) mass is 311 g/mol. The van der Waals surface area contributed by atoms with E-state index >= 15 is 0 Å². The van der Waals surface area contributed by atoms with Crippen LogP contribution in [0.15, 0.2) is 12.1 Å². The lowest BCUT2D eigenvalue weighted by molar-refractivity contribution is 0.0414. The highest BCUT2D eigenvalue weighted by atomic mass is 16.5. The number of hydrogen-bond donors (Lipinski definition) is 3. The third-order valence-corrected chi connectivity index (χ3v) is 4.33. The predicted octanol–water partition coefficient (Wildman–Crippen LogP) is 0.196. The Morgan fingerprint density at radius 1 is 1.14 bits per heavy atom. The van der Waals surface area contributed by atoms with Gasteiger partial charge in [-0.15, -0.1) is 0 Å². The van der Waals surface area contributed by atoms with Crippen molar-refractivity contribution >= 4 is 0 Å². The van der Waals surface area contributed by atoms with Crippen LogP contribution in [0.2, 0.25) is 0 Å². The first kappa shape index (κ1) is 17.0. The quantitative estimate of drug-likeness (QED) is 0.667. The Labute approximate surface area is 130 Å². The maximum Gasteiger partial charge on any atom is 0.161 e. The first-order valence-corrected chi connectivity index (χ1v) is 7.51.